The number of carbonyl (C=O) groups is 1. The van der Waals surface area contributed by atoms with Crippen LogP contribution in [0.4, 0.5) is 0 Å². The van der Waals surface area contributed by atoms with Crippen LogP contribution in [0.1, 0.15) is 58.4 Å². The largest absolute Gasteiger partial charge is 0.336 e. The van der Waals surface area contributed by atoms with E-state index in [1.807, 2.05) is 0 Å². The van der Waals surface area contributed by atoms with Crippen molar-refractivity contribution in [2.75, 3.05) is 0 Å². The molecular formula is C20H26N4O3S. The van der Waals surface area contributed by atoms with Crippen LogP contribution in [-0.4, -0.2) is 31.7 Å². The predicted molar refractivity (Wildman–Crippen MR) is 106 cm³/mol. The number of rotatable bonds is 7. The van der Waals surface area contributed by atoms with E-state index in [0.29, 0.717) is 24.8 Å². The van der Waals surface area contributed by atoms with Gasteiger partial charge < -0.3 is 5.32 Å². The first-order valence-corrected chi connectivity index (χ1v) is 11.0. The molecule has 2 N–H and O–H groups in total. The van der Waals surface area contributed by atoms with Gasteiger partial charge in [0.25, 0.3) is 10.0 Å². The van der Waals surface area contributed by atoms with Gasteiger partial charge in [-0.2, -0.15) is 5.26 Å². The lowest BCUT2D eigenvalue weighted by atomic mass is 9.84. The molecule has 150 valence electrons. The highest BCUT2D eigenvalue weighted by molar-refractivity contribution is 7.90. The van der Waals surface area contributed by atoms with Crippen LogP contribution in [0.2, 0.25) is 0 Å². The minimum Gasteiger partial charge on any atom is -0.336 e. The number of sulfonamides is 1. The number of nitriles is 1. The number of nitrogens with one attached hydrogen (secondary N) is 2. The molecule has 2 aliphatic rings. The summed E-state index contributed by atoms with van der Waals surface area (Å²) in [5.74, 6) is -0.145. The second-order valence-electron chi connectivity index (χ2n) is 8.33. The Bertz CT molecular complexity index is 956. The molecule has 8 heteroatoms. The van der Waals surface area contributed by atoms with Gasteiger partial charge in [-0.05, 0) is 43.2 Å². The SMILES string of the molecule is CCC(C)(C)CC[C@H](N=C1NS(=O)(=O)c2ccccc21)C(=O)NC1(C#N)CC1. The molecule has 1 aliphatic heterocycles. The summed E-state index contributed by atoms with van der Waals surface area (Å²) in [7, 11) is -3.67. The topological polar surface area (TPSA) is 111 Å². The molecular weight excluding hydrogens is 376 g/mol. The summed E-state index contributed by atoms with van der Waals surface area (Å²) in [4.78, 5) is 17.5. The number of amides is 1. The highest BCUT2D eigenvalue weighted by Crippen LogP contribution is 2.35. The third-order valence-corrected chi connectivity index (χ3v) is 7.03. The fourth-order valence-electron chi connectivity index (χ4n) is 3.05. The first-order valence-electron chi connectivity index (χ1n) is 9.55. The molecule has 0 radical (unpaired) electrons. The van der Waals surface area contributed by atoms with Crippen LogP contribution in [0.3, 0.4) is 0 Å². The maximum atomic E-state index is 12.9. The van der Waals surface area contributed by atoms with Crippen molar-refractivity contribution in [3.8, 4) is 6.07 Å². The van der Waals surface area contributed by atoms with Crippen molar-refractivity contribution in [2.45, 2.75) is 69.4 Å². The van der Waals surface area contributed by atoms with Crippen LogP contribution in [0.25, 0.3) is 0 Å². The van der Waals surface area contributed by atoms with Gasteiger partial charge in [0, 0.05) is 5.56 Å². The van der Waals surface area contributed by atoms with Crippen LogP contribution in [0.15, 0.2) is 34.2 Å². The van der Waals surface area contributed by atoms with Gasteiger partial charge in [-0.1, -0.05) is 39.3 Å². The zero-order valence-electron chi connectivity index (χ0n) is 16.4. The number of carbonyl (C=O) groups excluding carboxylic acids is 1. The first kappa shape index (κ1) is 20.3. The fourth-order valence-corrected chi connectivity index (χ4v) is 4.29. The van der Waals surface area contributed by atoms with E-state index in [9.17, 15) is 18.5 Å². The Morgan fingerprint density at radius 2 is 2.07 bits per heavy atom. The van der Waals surface area contributed by atoms with Crippen molar-refractivity contribution < 1.29 is 13.2 Å². The molecule has 0 aromatic heterocycles. The van der Waals surface area contributed by atoms with E-state index >= 15 is 0 Å². The molecule has 1 amide bonds. The summed E-state index contributed by atoms with van der Waals surface area (Å²) in [6.45, 7) is 6.35. The second-order valence-corrected chi connectivity index (χ2v) is 9.99. The molecule has 1 aromatic rings. The average Bonchev–Trinajstić information content (AvgIpc) is 3.38. The van der Waals surface area contributed by atoms with Crippen molar-refractivity contribution in [1.29, 1.82) is 5.26 Å². The van der Waals surface area contributed by atoms with E-state index < -0.39 is 21.6 Å². The number of hydrogen-bond donors (Lipinski definition) is 2. The van der Waals surface area contributed by atoms with Gasteiger partial charge in [-0.3, -0.25) is 14.5 Å². The molecule has 28 heavy (non-hydrogen) atoms. The highest BCUT2D eigenvalue weighted by atomic mass is 32.2. The Morgan fingerprint density at radius 1 is 1.39 bits per heavy atom. The smallest absolute Gasteiger partial charge is 0.263 e. The predicted octanol–water partition coefficient (Wildman–Crippen LogP) is 2.48. The van der Waals surface area contributed by atoms with Gasteiger partial charge in [0.05, 0.1) is 11.0 Å². The zero-order valence-corrected chi connectivity index (χ0v) is 17.3. The van der Waals surface area contributed by atoms with E-state index in [-0.39, 0.29) is 22.1 Å². The molecule has 1 aliphatic carbocycles. The third-order valence-electron chi connectivity index (χ3n) is 5.63. The Balaban J connectivity index is 1.90. The van der Waals surface area contributed by atoms with Gasteiger partial charge in [-0.25, -0.2) is 8.42 Å². The molecule has 0 bridgehead atoms. The van der Waals surface area contributed by atoms with Crippen molar-refractivity contribution in [3.05, 3.63) is 29.8 Å². The fraction of sp³-hybridized carbons (Fsp3) is 0.550. The van der Waals surface area contributed by atoms with Gasteiger partial charge in [0.1, 0.15) is 17.4 Å². The number of amidine groups is 1. The lowest BCUT2D eigenvalue weighted by molar-refractivity contribution is -0.123. The minimum atomic E-state index is -3.67. The van der Waals surface area contributed by atoms with Crippen molar-refractivity contribution >= 4 is 21.8 Å². The van der Waals surface area contributed by atoms with Gasteiger partial charge >= 0.3 is 0 Å². The Kier molecular flexibility index (Phi) is 5.24. The summed E-state index contributed by atoms with van der Waals surface area (Å²) in [5, 5.41) is 12.1. The molecule has 0 saturated heterocycles. The van der Waals surface area contributed by atoms with Gasteiger partial charge in [0.2, 0.25) is 5.91 Å². The zero-order chi connectivity index (χ0) is 20.6. The Morgan fingerprint density at radius 3 is 2.68 bits per heavy atom. The molecule has 7 nitrogen and oxygen atoms in total. The standard InChI is InChI=1S/C20H26N4O3S/c1-4-19(2,3)10-9-15(18(25)23-20(13-21)11-12-20)22-17-14-7-5-6-8-16(14)28(26,27)24-17/h5-8,15H,4,9-12H2,1-3H3,(H,22,24)(H,23,25)/t15-/m0/s1. The molecule has 0 unspecified atom stereocenters. The first-order chi connectivity index (χ1) is 13.1. The average molecular weight is 403 g/mol. The summed E-state index contributed by atoms with van der Waals surface area (Å²) in [6, 6.07) is 7.97. The van der Waals surface area contributed by atoms with E-state index in [1.54, 1.807) is 18.2 Å². The number of aliphatic imine (C=N–C) groups is 1. The van der Waals surface area contributed by atoms with Crippen LogP contribution >= 0.6 is 0 Å². The van der Waals surface area contributed by atoms with E-state index in [0.717, 1.165) is 12.8 Å². The van der Waals surface area contributed by atoms with Gasteiger partial charge in [0.15, 0.2) is 0 Å². The molecule has 0 spiro atoms. The molecule has 1 atom stereocenters. The lowest BCUT2D eigenvalue weighted by Crippen LogP contribution is -2.42. The molecule has 3 rings (SSSR count). The maximum Gasteiger partial charge on any atom is 0.263 e. The lowest BCUT2D eigenvalue weighted by Gasteiger charge is -2.24. The van der Waals surface area contributed by atoms with E-state index in [4.69, 9.17) is 0 Å². The van der Waals surface area contributed by atoms with Crippen LogP contribution in [-0.2, 0) is 14.8 Å². The van der Waals surface area contributed by atoms with Crippen LogP contribution < -0.4 is 10.0 Å². The molecule has 1 saturated carbocycles. The van der Waals surface area contributed by atoms with Gasteiger partial charge in [-0.15, -0.1) is 0 Å². The Hall–Kier alpha value is -2.40. The van der Waals surface area contributed by atoms with Crippen molar-refractivity contribution in [2.24, 2.45) is 10.4 Å². The Labute approximate surface area is 166 Å². The van der Waals surface area contributed by atoms with E-state index in [1.165, 1.54) is 6.07 Å². The number of benzene rings is 1. The normalized spacial score (nSPS) is 21.3. The summed E-state index contributed by atoms with van der Waals surface area (Å²) < 4.78 is 27.1. The van der Waals surface area contributed by atoms with Crippen LogP contribution in [0.5, 0.6) is 0 Å². The van der Waals surface area contributed by atoms with Crippen molar-refractivity contribution in [1.82, 2.24) is 10.0 Å². The summed E-state index contributed by atoms with van der Waals surface area (Å²) in [6.07, 6.45) is 3.45. The number of nitrogens with zero attached hydrogens (tertiary/aromatic N) is 2. The monoisotopic (exact) mass is 402 g/mol. The summed E-state index contributed by atoms with van der Waals surface area (Å²) >= 11 is 0. The van der Waals surface area contributed by atoms with E-state index in [2.05, 4.69) is 41.9 Å². The van der Waals surface area contributed by atoms with Crippen molar-refractivity contribution in [3.63, 3.8) is 0 Å². The number of hydrogen-bond acceptors (Lipinski definition) is 5. The maximum absolute atomic E-state index is 12.9. The number of fused-ring (bicyclic) bond motifs is 1. The quantitative estimate of drug-likeness (QED) is 0.730. The second kappa shape index (κ2) is 7.21. The van der Waals surface area contributed by atoms with Crippen LogP contribution in [0, 0.1) is 16.7 Å². The minimum absolute atomic E-state index is 0.0400. The molecule has 1 heterocycles. The molecule has 1 aromatic carbocycles. The summed E-state index contributed by atoms with van der Waals surface area (Å²) in [5.41, 5.74) is -0.280. The third kappa shape index (κ3) is 4.20. The highest BCUT2D eigenvalue weighted by Gasteiger charge is 2.46. The molecule has 1 fully saturated rings.